The summed E-state index contributed by atoms with van der Waals surface area (Å²) in [5.41, 5.74) is 1.79. The second-order valence-electron chi connectivity index (χ2n) is 8.04. The molecule has 2 heterocycles. The summed E-state index contributed by atoms with van der Waals surface area (Å²) in [5, 5.41) is 11.9. The molecule has 1 unspecified atom stereocenters. The minimum absolute atomic E-state index is 0.134. The molecule has 0 bridgehead atoms. The number of hydrogen-bond acceptors (Lipinski definition) is 6. The maximum Gasteiger partial charge on any atom is 0.237 e. The Morgan fingerprint density at radius 1 is 0.917 bits per heavy atom. The predicted octanol–water partition coefficient (Wildman–Crippen LogP) is 6.50. The van der Waals surface area contributed by atoms with Crippen molar-refractivity contribution in [3.05, 3.63) is 109 Å². The summed E-state index contributed by atoms with van der Waals surface area (Å²) < 4.78 is 13.4. The van der Waals surface area contributed by atoms with E-state index in [0.717, 1.165) is 11.3 Å². The van der Waals surface area contributed by atoms with Crippen LogP contribution in [0.1, 0.15) is 12.5 Å². The van der Waals surface area contributed by atoms with Gasteiger partial charge in [-0.15, -0.1) is 10.2 Å². The molecule has 0 fully saturated rings. The maximum absolute atomic E-state index is 13.0. The third kappa shape index (κ3) is 5.67. The lowest BCUT2D eigenvalue weighted by atomic mass is 10.2. The van der Waals surface area contributed by atoms with Gasteiger partial charge in [-0.25, -0.2) is 0 Å². The standard InChI is InChI=1S/C28H24N4O3S/c1-20(27(33)29-22-14-16-24(17-15-22)35-23-11-6-3-7-12-23)36-28-31-30-26(25-13-8-18-34-25)32(28)19-21-9-4-2-5-10-21/h2-18,20H,19H2,1H3,(H,29,33). The molecule has 7 nitrogen and oxygen atoms in total. The Bertz CT molecular complexity index is 1400. The SMILES string of the molecule is CC(Sc1nnc(-c2ccco2)n1Cc1ccccc1)C(=O)Nc1ccc(Oc2ccccc2)cc1. The third-order valence-corrected chi connectivity index (χ3v) is 6.47. The smallest absolute Gasteiger partial charge is 0.237 e. The number of carbonyl (C=O) groups excluding carboxylic acids is 1. The van der Waals surface area contributed by atoms with Crippen molar-refractivity contribution in [1.29, 1.82) is 0 Å². The molecular weight excluding hydrogens is 472 g/mol. The lowest BCUT2D eigenvalue weighted by molar-refractivity contribution is -0.115. The van der Waals surface area contributed by atoms with Crippen LogP contribution in [-0.4, -0.2) is 25.9 Å². The van der Waals surface area contributed by atoms with E-state index in [1.165, 1.54) is 11.8 Å². The molecule has 0 aliphatic rings. The van der Waals surface area contributed by atoms with Gasteiger partial charge in [0.1, 0.15) is 11.5 Å². The van der Waals surface area contributed by atoms with Crippen molar-refractivity contribution >= 4 is 23.4 Å². The number of benzene rings is 3. The van der Waals surface area contributed by atoms with Gasteiger partial charge in [0.25, 0.3) is 0 Å². The highest BCUT2D eigenvalue weighted by molar-refractivity contribution is 8.00. The molecule has 1 atom stereocenters. The fourth-order valence-electron chi connectivity index (χ4n) is 3.56. The van der Waals surface area contributed by atoms with E-state index in [9.17, 15) is 4.79 Å². The van der Waals surface area contributed by atoms with E-state index in [1.807, 2.05) is 109 Å². The Hall–Kier alpha value is -4.30. The molecule has 8 heteroatoms. The minimum atomic E-state index is -0.409. The molecule has 0 radical (unpaired) electrons. The number of hydrogen-bond donors (Lipinski definition) is 1. The van der Waals surface area contributed by atoms with E-state index in [0.29, 0.717) is 34.7 Å². The Morgan fingerprint density at radius 2 is 1.61 bits per heavy atom. The topological polar surface area (TPSA) is 82.2 Å². The van der Waals surface area contributed by atoms with Gasteiger partial charge in [0.2, 0.25) is 11.7 Å². The zero-order valence-corrected chi connectivity index (χ0v) is 20.4. The van der Waals surface area contributed by atoms with Crippen molar-refractivity contribution in [2.75, 3.05) is 5.32 Å². The molecule has 1 amide bonds. The quantitative estimate of drug-likeness (QED) is 0.235. The molecule has 0 saturated carbocycles. The van der Waals surface area contributed by atoms with Crippen LogP contribution in [0.15, 0.2) is 113 Å². The van der Waals surface area contributed by atoms with Crippen LogP contribution in [0.2, 0.25) is 0 Å². The average Bonchev–Trinajstić information content (AvgIpc) is 3.57. The number of nitrogens with zero attached hydrogens (tertiary/aromatic N) is 3. The van der Waals surface area contributed by atoms with Gasteiger partial charge in [-0.05, 0) is 61.0 Å². The average molecular weight is 497 g/mol. The summed E-state index contributed by atoms with van der Waals surface area (Å²) in [6, 6.07) is 30.6. The number of nitrogens with one attached hydrogen (secondary N) is 1. The van der Waals surface area contributed by atoms with Crippen LogP contribution < -0.4 is 10.1 Å². The first-order chi connectivity index (χ1) is 17.7. The molecule has 5 rings (SSSR count). The molecule has 0 aliphatic heterocycles. The zero-order chi connectivity index (χ0) is 24.7. The van der Waals surface area contributed by atoms with Crippen molar-refractivity contribution in [2.45, 2.75) is 23.9 Å². The van der Waals surface area contributed by atoms with E-state index in [-0.39, 0.29) is 5.91 Å². The largest absolute Gasteiger partial charge is 0.461 e. The van der Waals surface area contributed by atoms with E-state index >= 15 is 0 Å². The number of anilines is 1. The normalized spacial score (nSPS) is 11.7. The molecular formula is C28H24N4O3S. The van der Waals surface area contributed by atoms with Crippen LogP contribution >= 0.6 is 11.8 Å². The summed E-state index contributed by atoms with van der Waals surface area (Å²) in [6.07, 6.45) is 1.61. The first-order valence-corrected chi connectivity index (χ1v) is 12.3. The summed E-state index contributed by atoms with van der Waals surface area (Å²) in [6.45, 7) is 2.41. The van der Waals surface area contributed by atoms with Gasteiger partial charge < -0.3 is 14.5 Å². The molecule has 3 aromatic carbocycles. The Balaban J connectivity index is 1.27. The Kier molecular flexibility index (Phi) is 7.14. The number of aromatic nitrogens is 3. The van der Waals surface area contributed by atoms with Crippen molar-refractivity contribution < 1.29 is 13.9 Å². The summed E-state index contributed by atoms with van der Waals surface area (Å²) in [5.74, 6) is 2.56. The lowest BCUT2D eigenvalue weighted by Crippen LogP contribution is -2.23. The number of rotatable bonds is 9. The van der Waals surface area contributed by atoms with E-state index in [2.05, 4.69) is 15.5 Å². The van der Waals surface area contributed by atoms with Gasteiger partial charge in [0, 0.05) is 5.69 Å². The number of carbonyl (C=O) groups is 1. The van der Waals surface area contributed by atoms with Gasteiger partial charge in [0.15, 0.2) is 10.9 Å². The van der Waals surface area contributed by atoms with Crippen LogP contribution in [0.3, 0.4) is 0 Å². The molecule has 1 N–H and O–H groups in total. The number of para-hydroxylation sites is 1. The van der Waals surface area contributed by atoms with Gasteiger partial charge in [0.05, 0.1) is 18.1 Å². The van der Waals surface area contributed by atoms with Crippen molar-refractivity contribution in [2.24, 2.45) is 0 Å². The molecule has 36 heavy (non-hydrogen) atoms. The first-order valence-electron chi connectivity index (χ1n) is 11.5. The number of ether oxygens (including phenoxy) is 1. The fourth-order valence-corrected chi connectivity index (χ4v) is 4.41. The fraction of sp³-hybridized carbons (Fsp3) is 0.107. The van der Waals surface area contributed by atoms with Crippen molar-refractivity contribution in [3.8, 4) is 23.1 Å². The molecule has 2 aromatic heterocycles. The van der Waals surface area contributed by atoms with Crippen LogP contribution in [0.4, 0.5) is 5.69 Å². The van der Waals surface area contributed by atoms with Gasteiger partial charge >= 0.3 is 0 Å². The van der Waals surface area contributed by atoms with Gasteiger partial charge in [-0.2, -0.15) is 0 Å². The van der Waals surface area contributed by atoms with Crippen LogP contribution in [-0.2, 0) is 11.3 Å². The molecule has 0 spiro atoms. The van der Waals surface area contributed by atoms with Crippen molar-refractivity contribution in [1.82, 2.24) is 14.8 Å². The van der Waals surface area contributed by atoms with Gasteiger partial charge in [-0.1, -0.05) is 60.3 Å². The maximum atomic E-state index is 13.0. The third-order valence-electron chi connectivity index (χ3n) is 5.39. The summed E-state index contributed by atoms with van der Waals surface area (Å²) >= 11 is 1.35. The molecule has 0 saturated heterocycles. The number of furan rings is 1. The number of amides is 1. The molecule has 180 valence electrons. The second-order valence-corrected chi connectivity index (χ2v) is 9.35. The second kappa shape index (κ2) is 11.0. The van der Waals surface area contributed by atoms with Crippen LogP contribution in [0.25, 0.3) is 11.6 Å². The Morgan fingerprint density at radius 3 is 2.31 bits per heavy atom. The predicted molar refractivity (Wildman–Crippen MR) is 140 cm³/mol. The summed E-state index contributed by atoms with van der Waals surface area (Å²) in [7, 11) is 0. The van der Waals surface area contributed by atoms with Crippen LogP contribution in [0, 0.1) is 0 Å². The molecule has 5 aromatic rings. The van der Waals surface area contributed by atoms with E-state index in [4.69, 9.17) is 9.15 Å². The highest BCUT2D eigenvalue weighted by Crippen LogP contribution is 2.29. The highest BCUT2D eigenvalue weighted by atomic mass is 32.2. The number of thioether (sulfide) groups is 1. The van der Waals surface area contributed by atoms with Gasteiger partial charge in [-0.3, -0.25) is 9.36 Å². The van der Waals surface area contributed by atoms with E-state index in [1.54, 1.807) is 6.26 Å². The minimum Gasteiger partial charge on any atom is -0.461 e. The molecule has 0 aliphatic carbocycles. The van der Waals surface area contributed by atoms with Crippen LogP contribution in [0.5, 0.6) is 11.5 Å². The Labute approximate surface area is 213 Å². The highest BCUT2D eigenvalue weighted by Gasteiger charge is 2.22. The first kappa shape index (κ1) is 23.4. The van der Waals surface area contributed by atoms with Crippen molar-refractivity contribution in [3.63, 3.8) is 0 Å². The summed E-state index contributed by atoms with van der Waals surface area (Å²) in [4.78, 5) is 13.0. The van der Waals surface area contributed by atoms with E-state index < -0.39 is 5.25 Å². The zero-order valence-electron chi connectivity index (χ0n) is 19.6. The monoisotopic (exact) mass is 496 g/mol. The lowest BCUT2D eigenvalue weighted by Gasteiger charge is -2.14.